The third-order valence-electron chi connectivity index (χ3n) is 5.33. The average Bonchev–Trinajstić information content (AvgIpc) is 3.39. The topological polar surface area (TPSA) is 81.6 Å². The van der Waals surface area contributed by atoms with Crippen molar-refractivity contribution in [1.82, 2.24) is 29.5 Å². The molecule has 3 aromatic heterocycles. The van der Waals surface area contributed by atoms with E-state index in [0.717, 1.165) is 23.4 Å². The number of aliphatic hydroxyl groups is 1. The molecule has 0 aliphatic rings. The maximum absolute atomic E-state index is 14.7. The van der Waals surface area contributed by atoms with Crippen molar-refractivity contribution in [2.45, 2.75) is 25.0 Å². The van der Waals surface area contributed by atoms with E-state index in [-0.39, 0.29) is 12.1 Å². The fourth-order valence-corrected chi connectivity index (χ4v) is 3.57. The highest BCUT2D eigenvalue weighted by Gasteiger charge is 2.40. The van der Waals surface area contributed by atoms with Gasteiger partial charge in [-0.15, -0.1) is 0 Å². The molecule has 0 fully saturated rings. The Morgan fingerprint density at radius 3 is 2.57 bits per heavy atom. The maximum atomic E-state index is 14.7. The molecular formula is C21H20F2N6O. The van der Waals surface area contributed by atoms with Gasteiger partial charge in [-0.2, -0.15) is 10.2 Å². The van der Waals surface area contributed by atoms with Crippen LogP contribution in [0.15, 0.2) is 61.4 Å². The molecule has 30 heavy (non-hydrogen) atoms. The van der Waals surface area contributed by atoms with E-state index in [2.05, 4.69) is 20.2 Å². The lowest BCUT2D eigenvalue weighted by Gasteiger charge is -2.34. The molecule has 0 radical (unpaired) electrons. The average molecular weight is 410 g/mol. The van der Waals surface area contributed by atoms with Gasteiger partial charge in [0, 0.05) is 48.2 Å². The summed E-state index contributed by atoms with van der Waals surface area (Å²) in [5.74, 6) is -2.19. The summed E-state index contributed by atoms with van der Waals surface area (Å²) in [4.78, 5) is 8.38. The Morgan fingerprint density at radius 1 is 1.13 bits per heavy atom. The summed E-state index contributed by atoms with van der Waals surface area (Å²) in [7, 11) is 1.83. The van der Waals surface area contributed by atoms with Crippen LogP contribution >= 0.6 is 0 Å². The highest BCUT2D eigenvalue weighted by Crippen LogP contribution is 2.39. The van der Waals surface area contributed by atoms with Crippen molar-refractivity contribution in [3.63, 3.8) is 0 Å². The zero-order valence-corrected chi connectivity index (χ0v) is 16.4. The molecule has 1 aromatic carbocycles. The molecule has 4 aromatic rings. The molecule has 4 rings (SSSR count). The quantitative estimate of drug-likeness (QED) is 0.528. The van der Waals surface area contributed by atoms with E-state index >= 15 is 0 Å². The molecule has 0 aliphatic carbocycles. The third-order valence-corrected chi connectivity index (χ3v) is 5.33. The summed E-state index contributed by atoms with van der Waals surface area (Å²) in [5.41, 5.74) is 0.520. The Kier molecular flexibility index (Phi) is 5.13. The van der Waals surface area contributed by atoms with E-state index in [1.54, 1.807) is 30.1 Å². The molecule has 0 bridgehead atoms. The van der Waals surface area contributed by atoms with Crippen molar-refractivity contribution in [2.24, 2.45) is 7.05 Å². The van der Waals surface area contributed by atoms with Crippen LogP contribution in [-0.4, -0.2) is 34.6 Å². The molecule has 7 nitrogen and oxygen atoms in total. The van der Waals surface area contributed by atoms with Crippen molar-refractivity contribution in [2.75, 3.05) is 0 Å². The van der Waals surface area contributed by atoms with Gasteiger partial charge in [-0.05, 0) is 24.3 Å². The van der Waals surface area contributed by atoms with Gasteiger partial charge >= 0.3 is 0 Å². The Bertz CT molecular complexity index is 1140. The first-order chi connectivity index (χ1) is 14.4. The number of nitrogens with zero attached hydrogens (tertiary/aromatic N) is 6. The second kappa shape index (κ2) is 7.75. The molecule has 1 N–H and O–H groups in total. The maximum Gasteiger partial charge on any atom is 0.137 e. The first-order valence-corrected chi connectivity index (χ1v) is 9.33. The Morgan fingerprint density at radius 2 is 1.97 bits per heavy atom. The lowest BCUT2D eigenvalue weighted by molar-refractivity contribution is -0.0123. The first-order valence-electron chi connectivity index (χ1n) is 9.33. The van der Waals surface area contributed by atoms with E-state index in [0.29, 0.717) is 5.69 Å². The van der Waals surface area contributed by atoms with Crippen molar-refractivity contribution < 1.29 is 13.9 Å². The molecule has 3 heterocycles. The summed E-state index contributed by atoms with van der Waals surface area (Å²) in [5, 5.41) is 19.8. The normalized spacial score (nSPS) is 14.4. The largest absolute Gasteiger partial charge is 0.382 e. The van der Waals surface area contributed by atoms with Crippen molar-refractivity contribution >= 4 is 0 Å². The SMILES string of the molecule is C[C@@H](c1ccc(-c2ccnn2C)cn1)[C@](O)(Cn1cncn1)c1ccc(F)cc1F. The zero-order chi connectivity index (χ0) is 21.3. The van der Waals surface area contributed by atoms with Crippen molar-refractivity contribution in [1.29, 1.82) is 0 Å². The van der Waals surface area contributed by atoms with Crippen molar-refractivity contribution in [3.05, 3.63) is 84.3 Å². The highest BCUT2D eigenvalue weighted by atomic mass is 19.1. The van der Waals surface area contributed by atoms with Crippen LogP contribution in [0, 0.1) is 11.6 Å². The van der Waals surface area contributed by atoms with Crippen molar-refractivity contribution in [3.8, 4) is 11.3 Å². The number of hydrogen-bond acceptors (Lipinski definition) is 5. The van der Waals surface area contributed by atoms with Gasteiger partial charge in [0.1, 0.15) is 29.9 Å². The van der Waals surface area contributed by atoms with E-state index in [9.17, 15) is 13.9 Å². The second-order valence-electron chi connectivity index (χ2n) is 7.17. The molecule has 0 spiro atoms. The predicted molar refractivity (Wildman–Crippen MR) is 105 cm³/mol. The number of benzene rings is 1. The van der Waals surface area contributed by atoms with Crippen LogP contribution in [0.4, 0.5) is 8.78 Å². The standard InChI is InChI=1S/C21H20F2N6O/c1-14(19-6-3-15(10-25-19)20-7-8-26-28(20)2)21(30,11-29-13-24-12-27-29)17-5-4-16(22)9-18(17)23/h3-10,12-14,30H,11H2,1-2H3/t14-,21+/m0/s1. The number of hydrogen-bond donors (Lipinski definition) is 1. The minimum atomic E-state index is -1.74. The molecule has 0 aliphatic heterocycles. The van der Waals surface area contributed by atoms with E-state index in [1.807, 2.05) is 19.2 Å². The van der Waals surface area contributed by atoms with Gasteiger partial charge in [-0.1, -0.05) is 13.0 Å². The highest BCUT2D eigenvalue weighted by molar-refractivity contribution is 5.58. The van der Waals surface area contributed by atoms with Gasteiger partial charge in [-0.3, -0.25) is 9.67 Å². The molecule has 154 valence electrons. The summed E-state index contributed by atoms with van der Waals surface area (Å²) in [6, 6.07) is 8.65. The van der Waals surface area contributed by atoms with Crippen LogP contribution in [-0.2, 0) is 19.2 Å². The van der Waals surface area contributed by atoms with Gasteiger partial charge < -0.3 is 5.11 Å². The second-order valence-corrected chi connectivity index (χ2v) is 7.17. The van der Waals surface area contributed by atoms with Gasteiger partial charge in [0.05, 0.1) is 12.2 Å². The smallest absolute Gasteiger partial charge is 0.137 e. The minimum absolute atomic E-state index is 0.0376. The van der Waals surface area contributed by atoms with Gasteiger partial charge in [0.25, 0.3) is 0 Å². The Balaban J connectivity index is 1.74. The Hall–Kier alpha value is -3.46. The van der Waals surface area contributed by atoms with Crippen LogP contribution in [0.2, 0.25) is 0 Å². The lowest BCUT2D eigenvalue weighted by atomic mass is 9.79. The summed E-state index contributed by atoms with van der Waals surface area (Å²) in [6.45, 7) is 1.66. The van der Waals surface area contributed by atoms with Gasteiger partial charge in [0.2, 0.25) is 0 Å². The van der Waals surface area contributed by atoms with E-state index in [1.165, 1.54) is 23.4 Å². The molecular weight excluding hydrogens is 390 g/mol. The summed E-state index contributed by atoms with van der Waals surface area (Å²) in [6.07, 6.45) is 6.13. The van der Waals surface area contributed by atoms with Crippen LogP contribution in [0.5, 0.6) is 0 Å². The molecule has 2 atom stereocenters. The number of halogens is 2. The van der Waals surface area contributed by atoms with Crippen LogP contribution in [0.1, 0.15) is 24.1 Å². The monoisotopic (exact) mass is 410 g/mol. The van der Waals surface area contributed by atoms with E-state index < -0.39 is 23.2 Å². The van der Waals surface area contributed by atoms with Crippen LogP contribution in [0.25, 0.3) is 11.3 Å². The number of aromatic nitrogens is 6. The van der Waals surface area contributed by atoms with Gasteiger partial charge in [-0.25, -0.2) is 18.4 Å². The molecule has 0 saturated heterocycles. The van der Waals surface area contributed by atoms with Crippen LogP contribution < -0.4 is 0 Å². The lowest BCUT2D eigenvalue weighted by Crippen LogP contribution is -2.38. The fourth-order valence-electron chi connectivity index (χ4n) is 3.57. The molecule has 9 heteroatoms. The molecule has 0 saturated carbocycles. The third kappa shape index (κ3) is 3.59. The zero-order valence-electron chi connectivity index (χ0n) is 16.4. The molecule has 0 unspecified atom stereocenters. The summed E-state index contributed by atoms with van der Waals surface area (Å²) < 4.78 is 31.3. The number of pyridine rings is 1. The number of rotatable bonds is 6. The summed E-state index contributed by atoms with van der Waals surface area (Å²) >= 11 is 0. The Labute approximate surface area is 171 Å². The van der Waals surface area contributed by atoms with E-state index in [4.69, 9.17) is 0 Å². The number of aryl methyl sites for hydroxylation is 1. The van der Waals surface area contributed by atoms with Gasteiger partial charge in [0.15, 0.2) is 0 Å². The van der Waals surface area contributed by atoms with Crippen LogP contribution in [0.3, 0.4) is 0 Å². The first kappa shape index (κ1) is 19.8. The molecule has 0 amide bonds. The minimum Gasteiger partial charge on any atom is -0.382 e. The fraction of sp³-hybridized carbons (Fsp3) is 0.238. The predicted octanol–water partition coefficient (Wildman–Crippen LogP) is 3.04.